The summed E-state index contributed by atoms with van der Waals surface area (Å²) in [6.07, 6.45) is -0.752. The van der Waals surface area contributed by atoms with Crippen molar-refractivity contribution in [2.75, 3.05) is 18.0 Å². The largest absolute Gasteiger partial charge is 0.354 e. The number of anilines is 1. The lowest BCUT2D eigenvalue weighted by molar-refractivity contribution is 0.0610. The van der Waals surface area contributed by atoms with Crippen LogP contribution in [0.15, 0.2) is 18.5 Å². The van der Waals surface area contributed by atoms with Gasteiger partial charge in [0.1, 0.15) is 12.1 Å². The molecule has 0 aliphatic carbocycles. The minimum Gasteiger partial charge on any atom is -0.354 e. The van der Waals surface area contributed by atoms with E-state index in [0.29, 0.717) is 24.6 Å². The van der Waals surface area contributed by atoms with E-state index < -0.39 is 12.3 Å². The molecule has 0 aromatic carbocycles. The molecule has 1 fully saturated rings. The maximum absolute atomic E-state index is 12.3. The number of fused-ring (bicyclic) bond motifs is 1. The lowest BCUT2D eigenvalue weighted by Gasteiger charge is -2.39. The molecular weight excluding hydrogens is 216 g/mol. The first-order valence-electron chi connectivity index (χ1n) is 4.94. The summed E-state index contributed by atoms with van der Waals surface area (Å²) in [4.78, 5) is 1.82. The van der Waals surface area contributed by atoms with Gasteiger partial charge < -0.3 is 4.90 Å². The van der Waals surface area contributed by atoms with Gasteiger partial charge in [0.15, 0.2) is 5.65 Å². The van der Waals surface area contributed by atoms with Crippen molar-refractivity contribution in [3.8, 4) is 0 Å². The molecule has 1 aliphatic rings. The Labute approximate surface area is 89.7 Å². The molecule has 1 saturated heterocycles. The van der Waals surface area contributed by atoms with Crippen LogP contribution >= 0.6 is 0 Å². The fourth-order valence-corrected chi connectivity index (χ4v) is 1.75. The number of nitrogens with zero attached hydrogens (tertiary/aromatic N) is 5. The Hall–Kier alpha value is -1.79. The predicted octanol–water partition coefficient (Wildman–Crippen LogP) is 0.826. The molecule has 2 aromatic rings. The fraction of sp³-hybridized carbons (Fsp3) is 0.444. The van der Waals surface area contributed by atoms with Gasteiger partial charge >= 0.3 is 0 Å². The van der Waals surface area contributed by atoms with Gasteiger partial charge in [0.2, 0.25) is 6.43 Å². The molecule has 0 unspecified atom stereocenters. The highest BCUT2D eigenvalue weighted by Crippen LogP contribution is 2.26. The second kappa shape index (κ2) is 3.36. The van der Waals surface area contributed by atoms with Crippen LogP contribution in [0, 0.1) is 5.92 Å². The predicted molar refractivity (Wildman–Crippen MR) is 52.5 cm³/mol. The quantitative estimate of drug-likeness (QED) is 0.759. The lowest BCUT2D eigenvalue weighted by Crippen LogP contribution is -2.50. The number of halogens is 2. The number of hydrogen-bond acceptors (Lipinski definition) is 4. The van der Waals surface area contributed by atoms with Crippen molar-refractivity contribution in [2.24, 2.45) is 5.92 Å². The van der Waals surface area contributed by atoms with Gasteiger partial charge in [-0.25, -0.2) is 8.78 Å². The highest BCUT2D eigenvalue weighted by Gasteiger charge is 2.34. The van der Waals surface area contributed by atoms with Gasteiger partial charge in [-0.3, -0.25) is 0 Å². The smallest absolute Gasteiger partial charge is 0.244 e. The summed E-state index contributed by atoms with van der Waals surface area (Å²) < 4.78 is 26.1. The number of hydrogen-bond donors (Lipinski definition) is 0. The zero-order valence-electron chi connectivity index (χ0n) is 8.29. The van der Waals surface area contributed by atoms with Crippen LogP contribution < -0.4 is 4.90 Å². The molecule has 0 amide bonds. The normalized spacial score (nSPS) is 17.1. The summed E-state index contributed by atoms with van der Waals surface area (Å²) in [6, 6.07) is 3.54. The maximum atomic E-state index is 12.3. The van der Waals surface area contributed by atoms with Crippen LogP contribution in [0.2, 0.25) is 0 Å². The van der Waals surface area contributed by atoms with Gasteiger partial charge in [-0.1, -0.05) is 0 Å². The van der Waals surface area contributed by atoms with Crippen molar-refractivity contribution in [3.05, 3.63) is 18.5 Å². The van der Waals surface area contributed by atoms with Gasteiger partial charge in [0.25, 0.3) is 0 Å². The third-order valence-electron chi connectivity index (χ3n) is 2.74. The van der Waals surface area contributed by atoms with Crippen LogP contribution in [0.4, 0.5) is 14.6 Å². The van der Waals surface area contributed by atoms with E-state index in [1.54, 1.807) is 12.1 Å². The first-order valence-corrected chi connectivity index (χ1v) is 4.94. The third-order valence-corrected chi connectivity index (χ3v) is 2.74. The van der Waals surface area contributed by atoms with E-state index in [0.717, 1.165) is 0 Å². The molecule has 16 heavy (non-hydrogen) atoms. The Kier molecular flexibility index (Phi) is 1.98. The van der Waals surface area contributed by atoms with Crippen LogP contribution in [0.1, 0.15) is 0 Å². The van der Waals surface area contributed by atoms with E-state index in [-0.39, 0.29) is 0 Å². The van der Waals surface area contributed by atoms with Crippen molar-refractivity contribution in [3.63, 3.8) is 0 Å². The second-order valence-corrected chi connectivity index (χ2v) is 3.82. The van der Waals surface area contributed by atoms with Crippen LogP contribution in [0.3, 0.4) is 0 Å². The van der Waals surface area contributed by atoms with E-state index in [4.69, 9.17) is 0 Å². The highest BCUT2D eigenvalue weighted by atomic mass is 19.3. The molecular formula is C9H9F2N5. The van der Waals surface area contributed by atoms with E-state index in [1.165, 1.54) is 10.8 Å². The van der Waals surface area contributed by atoms with Crippen molar-refractivity contribution >= 4 is 11.5 Å². The van der Waals surface area contributed by atoms with Gasteiger partial charge in [0.05, 0.1) is 5.92 Å². The summed E-state index contributed by atoms with van der Waals surface area (Å²) in [5.74, 6) is 0.155. The number of aromatic nitrogens is 4. The van der Waals surface area contributed by atoms with E-state index >= 15 is 0 Å². The Morgan fingerprint density at radius 2 is 2.12 bits per heavy atom. The van der Waals surface area contributed by atoms with Crippen molar-refractivity contribution in [2.45, 2.75) is 6.43 Å². The zero-order valence-corrected chi connectivity index (χ0v) is 8.29. The Morgan fingerprint density at radius 3 is 2.88 bits per heavy atom. The molecule has 84 valence electrons. The molecule has 3 rings (SSSR count). The molecule has 0 N–H and O–H groups in total. The molecule has 7 heteroatoms. The molecule has 1 aliphatic heterocycles. The Balaban J connectivity index is 1.80. The van der Waals surface area contributed by atoms with E-state index in [1.807, 2.05) is 4.90 Å². The second-order valence-electron chi connectivity index (χ2n) is 3.82. The monoisotopic (exact) mass is 225 g/mol. The van der Waals surface area contributed by atoms with Crippen molar-refractivity contribution < 1.29 is 8.78 Å². The van der Waals surface area contributed by atoms with E-state index in [9.17, 15) is 8.78 Å². The summed E-state index contributed by atoms with van der Waals surface area (Å²) in [6.45, 7) is 0.719. The molecule has 0 radical (unpaired) electrons. The minimum atomic E-state index is -2.24. The SMILES string of the molecule is FC(F)C1CN(c2ccc3nncn3n2)C1. The topological polar surface area (TPSA) is 46.3 Å². The first kappa shape index (κ1) is 9.44. The standard InChI is InChI=1S/C9H9F2N5/c10-9(11)6-3-15(4-6)8-2-1-7-13-12-5-16(7)14-8/h1-2,5-6,9H,3-4H2. The van der Waals surface area contributed by atoms with Crippen molar-refractivity contribution in [1.82, 2.24) is 19.8 Å². The molecule has 0 bridgehead atoms. The minimum absolute atomic E-state index is 0.359. The Morgan fingerprint density at radius 1 is 1.31 bits per heavy atom. The first-order chi connectivity index (χ1) is 7.74. The average Bonchev–Trinajstić information content (AvgIpc) is 2.61. The van der Waals surface area contributed by atoms with E-state index in [2.05, 4.69) is 15.3 Å². The van der Waals surface area contributed by atoms with Gasteiger partial charge in [0, 0.05) is 13.1 Å². The molecule has 0 saturated carbocycles. The average molecular weight is 225 g/mol. The summed E-state index contributed by atoms with van der Waals surface area (Å²) in [5.41, 5.74) is 0.648. The summed E-state index contributed by atoms with van der Waals surface area (Å²) in [5, 5.41) is 11.7. The van der Waals surface area contributed by atoms with Crippen molar-refractivity contribution in [1.29, 1.82) is 0 Å². The fourth-order valence-electron chi connectivity index (χ4n) is 1.75. The molecule has 5 nitrogen and oxygen atoms in total. The molecule has 2 aromatic heterocycles. The van der Waals surface area contributed by atoms with Crippen LogP contribution in [-0.4, -0.2) is 39.3 Å². The summed E-state index contributed by atoms with van der Waals surface area (Å²) in [7, 11) is 0. The highest BCUT2D eigenvalue weighted by molar-refractivity contribution is 5.46. The molecule has 0 atom stereocenters. The lowest BCUT2D eigenvalue weighted by atomic mass is 10.0. The maximum Gasteiger partial charge on any atom is 0.244 e. The molecule has 0 spiro atoms. The van der Waals surface area contributed by atoms with Gasteiger partial charge in [-0.15, -0.1) is 15.3 Å². The van der Waals surface area contributed by atoms with Gasteiger partial charge in [-0.05, 0) is 12.1 Å². The van der Waals surface area contributed by atoms with Crippen LogP contribution in [-0.2, 0) is 0 Å². The van der Waals surface area contributed by atoms with Crippen LogP contribution in [0.25, 0.3) is 5.65 Å². The Bertz CT molecular complexity index is 505. The number of alkyl halides is 2. The molecule has 3 heterocycles. The zero-order chi connectivity index (χ0) is 11.1. The third kappa shape index (κ3) is 1.39. The van der Waals surface area contributed by atoms with Crippen LogP contribution in [0.5, 0.6) is 0 Å². The summed E-state index contributed by atoms with van der Waals surface area (Å²) >= 11 is 0. The van der Waals surface area contributed by atoms with Gasteiger partial charge in [-0.2, -0.15) is 4.52 Å². The number of rotatable bonds is 2.